The third-order valence-corrected chi connectivity index (χ3v) is 4.06. The first-order valence-corrected chi connectivity index (χ1v) is 7.67. The summed E-state index contributed by atoms with van der Waals surface area (Å²) in [5.41, 5.74) is 0.774. The van der Waals surface area contributed by atoms with Gasteiger partial charge in [0.05, 0.1) is 6.10 Å². The van der Waals surface area contributed by atoms with E-state index in [4.69, 9.17) is 0 Å². The first-order valence-electron chi connectivity index (χ1n) is 6.44. The van der Waals surface area contributed by atoms with E-state index in [1.807, 2.05) is 30.5 Å². The Bertz CT molecular complexity index is 432. The second-order valence-corrected chi connectivity index (χ2v) is 5.82. The zero-order chi connectivity index (χ0) is 13.8. The van der Waals surface area contributed by atoms with Gasteiger partial charge >= 0.3 is 6.03 Å². The minimum absolute atomic E-state index is 0.184. The molecule has 0 saturated heterocycles. The molecule has 104 valence electrons. The van der Waals surface area contributed by atoms with Gasteiger partial charge in [-0.25, -0.2) is 4.79 Å². The van der Waals surface area contributed by atoms with E-state index < -0.39 is 6.10 Å². The molecule has 2 N–H and O–H groups in total. The molecule has 5 heteroatoms. The van der Waals surface area contributed by atoms with Crippen molar-refractivity contribution in [3.63, 3.8) is 0 Å². The molecule has 1 saturated carbocycles. The normalized spacial score (nSPS) is 15.9. The molecular weight excluding hydrogens is 260 g/mol. The van der Waals surface area contributed by atoms with Crippen LogP contribution in [0.15, 0.2) is 29.2 Å². The average Bonchev–Trinajstić information content (AvgIpc) is 3.23. The van der Waals surface area contributed by atoms with E-state index in [0.29, 0.717) is 12.5 Å². The summed E-state index contributed by atoms with van der Waals surface area (Å²) in [4.78, 5) is 14.6. The topological polar surface area (TPSA) is 52.6 Å². The van der Waals surface area contributed by atoms with Crippen LogP contribution in [0, 0.1) is 5.92 Å². The van der Waals surface area contributed by atoms with Gasteiger partial charge < -0.3 is 15.3 Å². The van der Waals surface area contributed by atoms with Gasteiger partial charge in [-0.05, 0) is 49.3 Å². The summed E-state index contributed by atoms with van der Waals surface area (Å²) < 4.78 is 0. The third-order valence-electron chi connectivity index (χ3n) is 3.32. The van der Waals surface area contributed by atoms with Crippen molar-refractivity contribution in [2.24, 2.45) is 5.92 Å². The first kappa shape index (κ1) is 14.2. The van der Waals surface area contributed by atoms with Crippen LogP contribution in [0.2, 0.25) is 0 Å². The molecule has 0 heterocycles. The summed E-state index contributed by atoms with van der Waals surface area (Å²) in [7, 11) is 1.71. The Morgan fingerprint density at radius 2 is 2.11 bits per heavy atom. The minimum Gasteiger partial charge on any atom is -0.391 e. The molecule has 0 bridgehead atoms. The quantitative estimate of drug-likeness (QED) is 0.815. The van der Waals surface area contributed by atoms with Crippen LogP contribution in [-0.2, 0) is 0 Å². The molecule has 1 aliphatic rings. The van der Waals surface area contributed by atoms with Crippen molar-refractivity contribution in [1.82, 2.24) is 4.90 Å². The van der Waals surface area contributed by atoms with Gasteiger partial charge in [0, 0.05) is 24.2 Å². The van der Waals surface area contributed by atoms with Crippen LogP contribution in [0.3, 0.4) is 0 Å². The van der Waals surface area contributed by atoms with Crippen molar-refractivity contribution in [3.8, 4) is 0 Å². The maximum Gasteiger partial charge on any atom is 0.321 e. The number of benzene rings is 1. The monoisotopic (exact) mass is 280 g/mol. The number of nitrogens with zero attached hydrogens (tertiary/aromatic N) is 1. The number of likely N-dealkylation sites (N-methyl/N-ethyl adjacent to an activating group) is 1. The highest BCUT2D eigenvalue weighted by Gasteiger charge is 2.31. The van der Waals surface area contributed by atoms with Gasteiger partial charge in [0.25, 0.3) is 0 Å². The molecule has 4 nitrogen and oxygen atoms in total. The Labute approximate surface area is 118 Å². The number of urea groups is 1. The molecule has 2 rings (SSSR count). The van der Waals surface area contributed by atoms with E-state index in [-0.39, 0.29) is 6.03 Å². The Hall–Kier alpha value is -1.20. The summed E-state index contributed by atoms with van der Waals surface area (Å²) >= 11 is 1.67. The van der Waals surface area contributed by atoms with Crippen LogP contribution < -0.4 is 5.32 Å². The lowest BCUT2D eigenvalue weighted by Gasteiger charge is -2.21. The highest BCUT2D eigenvalue weighted by molar-refractivity contribution is 7.98. The van der Waals surface area contributed by atoms with E-state index in [1.165, 1.54) is 4.90 Å². The number of aliphatic hydroxyl groups is 1. The van der Waals surface area contributed by atoms with Crippen molar-refractivity contribution in [3.05, 3.63) is 24.3 Å². The number of hydrogen-bond acceptors (Lipinski definition) is 3. The third kappa shape index (κ3) is 4.14. The molecule has 2 amide bonds. The van der Waals surface area contributed by atoms with Crippen LogP contribution in [-0.4, -0.2) is 42.0 Å². The predicted molar refractivity (Wildman–Crippen MR) is 78.6 cm³/mol. The molecule has 1 atom stereocenters. The lowest BCUT2D eigenvalue weighted by Crippen LogP contribution is -2.37. The smallest absolute Gasteiger partial charge is 0.321 e. The van der Waals surface area contributed by atoms with Crippen molar-refractivity contribution in [1.29, 1.82) is 0 Å². The molecule has 1 fully saturated rings. The van der Waals surface area contributed by atoms with Crippen molar-refractivity contribution >= 4 is 23.5 Å². The standard InChI is InChI=1S/C14H20N2O2S/c1-16(9-13(17)10-3-4-10)14(18)15-11-5-7-12(19-2)8-6-11/h5-8,10,13,17H,3-4,9H2,1-2H3,(H,15,18). The van der Waals surface area contributed by atoms with E-state index in [1.54, 1.807) is 18.8 Å². The fraction of sp³-hybridized carbons (Fsp3) is 0.500. The number of amides is 2. The molecule has 0 aromatic heterocycles. The van der Waals surface area contributed by atoms with E-state index in [2.05, 4.69) is 5.32 Å². The molecular formula is C14H20N2O2S. The largest absolute Gasteiger partial charge is 0.391 e. The van der Waals surface area contributed by atoms with Crippen LogP contribution >= 0.6 is 11.8 Å². The molecule has 19 heavy (non-hydrogen) atoms. The van der Waals surface area contributed by atoms with Crippen LogP contribution in [0.4, 0.5) is 10.5 Å². The number of anilines is 1. The zero-order valence-corrected chi connectivity index (χ0v) is 12.1. The van der Waals surface area contributed by atoms with E-state index in [9.17, 15) is 9.90 Å². The first-order chi connectivity index (χ1) is 9.10. The Kier molecular flexibility index (Phi) is 4.71. The summed E-state index contributed by atoms with van der Waals surface area (Å²) in [6.45, 7) is 0.388. The van der Waals surface area contributed by atoms with Gasteiger partial charge in [0.15, 0.2) is 0 Å². The number of thioether (sulfide) groups is 1. The molecule has 0 aliphatic heterocycles. The van der Waals surface area contributed by atoms with Gasteiger partial charge in [-0.3, -0.25) is 0 Å². The van der Waals surface area contributed by atoms with Gasteiger partial charge in [-0.2, -0.15) is 0 Å². The molecule has 1 unspecified atom stereocenters. The van der Waals surface area contributed by atoms with E-state index >= 15 is 0 Å². The highest BCUT2D eigenvalue weighted by atomic mass is 32.2. The Morgan fingerprint density at radius 3 is 2.63 bits per heavy atom. The second kappa shape index (κ2) is 6.30. The van der Waals surface area contributed by atoms with Crippen LogP contribution in [0.25, 0.3) is 0 Å². The van der Waals surface area contributed by atoms with Crippen LogP contribution in [0.1, 0.15) is 12.8 Å². The van der Waals surface area contributed by atoms with E-state index in [0.717, 1.165) is 23.4 Å². The van der Waals surface area contributed by atoms with Crippen molar-refractivity contribution in [2.45, 2.75) is 23.8 Å². The average molecular weight is 280 g/mol. The van der Waals surface area contributed by atoms with Gasteiger partial charge in [-0.1, -0.05) is 0 Å². The molecule has 0 spiro atoms. The zero-order valence-electron chi connectivity index (χ0n) is 11.3. The molecule has 0 radical (unpaired) electrons. The Balaban J connectivity index is 1.84. The molecule has 1 aromatic rings. The number of aliphatic hydroxyl groups excluding tert-OH is 1. The summed E-state index contributed by atoms with van der Waals surface area (Å²) in [5, 5.41) is 12.6. The Morgan fingerprint density at radius 1 is 1.47 bits per heavy atom. The number of carbonyl (C=O) groups is 1. The van der Waals surface area contributed by atoms with Gasteiger partial charge in [0.2, 0.25) is 0 Å². The molecule has 1 aliphatic carbocycles. The van der Waals surface area contributed by atoms with Gasteiger partial charge in [-0.15, -0.1) is 11.8 Å². The number of nitrogens with one attached hydrogen (secondary N) is 1. The van der Waals surface area contributed by atoms with Crippen molar-refractivity contribution in [2.75, 3.05) is 25.2 Å². The number of carbonyl (C=O) groups excluding carboxylic acids is 1. The van der Waals surface area contributed by atoms with Gasteiger partial charge in [0.1, 0.15) is 0 Å². The number of hydrogen-bond donors (Lipinski definition) is 2. The van der Waals surface area contributed by atoms with Crippen molar-refractivity contribution < 1.29 is 9.90 Å². The maximum atomic E-state index is 11.9. The lowest BCUT2D eigenvalue weighted by atomic mass is 10.2. The summed E-state index contributed by atoms with van der Waals surface area (Å²) in [6, 6.07) is 7.53. The minimum atomic E-state index is -0.394. The lowest BCUT2D eigenvalue weighted by molar-refractivity contribution is 0.117. The summed E-state index contributed by atoms with van der Waals surface area (Å²) in [6.07, 6.45) is 3.77. The SMILES string of the molecule is CSc1ccc(NC(=O)N(C)CC(O)C2CC2)cc1. The predicted octanol–water partition coefficient (Wildman–Crippen LogP) is 2.64. The summed E-state index contributed by atoms with van der Waals surface area (Å²) in [5.74, 6) is 0.385. The molecule has 1 aromatic carbocycles. The van der Waals surface area contributed by atoms with Crippen LogP contribution in [0.5, 0.6) is 0 Å². The fourth-order valence-electron chi connectivity index (χ4n) is 1.89. The fourth-order valence-corrected chi connectivity index (χ4v) is 2.30. The highest BCUT2D eigenvalue weighted by Crippen LogP contribution is 2.32. The second-order valence-electron chi connectivity index (χ2n) is 4.94. The number of rotatable bonds is 5. The maximum absolute atomic E-state index is 11.9.